The summed E-state index contributed by atoms with van der Waals surface area (Å²) in [5, 5.41) is 5.90. The van der Waals surface area contributed by atoms with Crippen LogP contribution in [0.25, 0.3) is 0 Å². The van der Waals surface area contributed by atoms with E-state index in [1.807, 2.05) is 13.8 Å². The van der Waals surface area contributed by atoms with Crippen LogP contribution in [0, 0.1) is 0 Å². The van der Waals surface area contributed by atoms with Crippen LogP contribution < -0.4 is 10.6 Å². The van der Waals surface area contributed by atoms with Crippen LogP contribution >= 0.6 is 0 Å². The Morgan fingerprint density at radius 3 is 2.83 bits per heavy atom. The molecular formula is C12H21N3O3. The van der Waals surface area contributed by atoms with Crippen molar-refractivity contribution < 1.29 is 14.3 Å². The minimum absolute atomic E-state index is 0.0575. The van der Waals surface area contributed by atoms with Gasteiger partial charge in [-0.05, 0) is 13.3 Å². The third kappa shape index (κ3) is 2.64. The molecule has 102 valence electrons. The van der Waals surface area contributed by atoms with E-state index < -0.39 is 0 Å². The number of nitrogens with zero attached hydrogens (tertiary/aromatic N) is 1. The molecule has 2 aliphatic heterocycles. The van der Waals surface area contributed by atoms with E-state index in [-0.39, 0.29) is 30.1 Å². The van der Waals surface area contributed by atoms with Crippen LogP contribution in [0.2, 0.25) is 0 Å². The van der Waals surface area contributed by atoms with Gasteiger partial charge in [-0.1, -0.05) is 6.92 Å². The van der Waals surface area contributed by atoms with Gasteiger partial charge in [0, 0.05) is 26.2 Å². The quantitative estimate of drug-likeness (QED) is 0.683. The highest BCUT2D eigenvalue weighted by Crippen LogP contribution is 2.16. The summed E-state index contributed by atoms with van der Waals surface area (Å²) in [4.78, 5) is 25.4. The number of rotatable bonds is 4. The Bertz CT molecular complexity index is 341. The number of carbonyl (C=O) groups is 2. The van der Waals surface area contributed by atoms with Gasteiger partial charge in [-0.25, -0.2) is 0 Å². The Kier molecular flexibility index (Phi) is 3.87. The fourth-order valence-electron chi connectivity index (χ4n) is 2.32. The normalized spacial score (nSPS) is 26.4. The maximum absolute atomic E-state index is 12.1. The van der Waals surface area contributed by atoms with Crippen molar-refractivity contribution >= 4 is 11.8 Å². The second-order valence-electron chi connectivity index (χ2n) is 5.14. The number of piperazine rings is 1. The van der Waals surface area contributed by atoms with Crippen LogP contribution in [0.15, 0.2) is 0 Å². The smallest absolute Gasteiger partial charge is 0.249 e. The van der Waals surface area contributed by atoms with Crippen molar-refractivity contribution in [1.82, 2.24) is 15.5 Å². The third-order valence-corrected chi connectivity index (χ3v) is 3.58. The van der Waals surface area contributed by atoms with Gasteiger partial charge in [0.1, 0.15) is 12.6 Å². The second kappa shape index (κ2) is 5.24. The predicted molar refractivity (Wildman–Crippen MR) is 66.0 cm³/mol. The summed E-state index contributed by atoms with van der Waals surface area (Å²) in [5.41, 5.74) is -0.227. The maximum atomic E-state index is 12.1. The summed E-state index contributed by atoms with van der Waals surface area (Å²) < 4.78 is 5.62. The molecule has 1 unspecified atom stereocenters. The van der Waals surface area contributed by atoms with Gasteiger partial charge in [-0.15, -0.1) is 0 Å². The van der Waals surface area contributed by atoms with Crippen LogP contribution in [-0.4, -0.2) is 61.1 Å². The summed E-state index contributed by atoms with van der Waals surface area (Å²) >= 11 is 0. The van der Waals surface area contributed by atoms with E-state index in [4.69, 9.17) is 4.74 Å². The lowest BCUT2D eigenvalue weighted by Crippen LogP contribution is -2.61. The fourth-order valence-corrected chi connectivity index (χ4v) is 2.32. The first-order valence-electron chi connectivity index (χ1n) is 6.47. The van der Waals surface area contributed by atoms with E-state index in [2.05, 4.69) is 10.6 Å². The highest BCUT2D eigenvalue weighted by molar-refractivity contribution is 5.89. The van der Waals surface area contributed by atoms with Crippen molar-refractivity contribution in [3.8, 4) is 0 Å². The molecule has 0 aromatic carbocycles. The highest BCUT2D eigenvalue weighted by Gasteiger charge is 2.36. The minimum atomic E-state index is -0.345. The average molecular weight is 255 g/mol. The topological polar surface area (TPSA) is 70.7 Å². The van der Waals surface area contributed by atoms with E-state index in [0.717, 1.165) is 13.1 Å². The molecule has 18 heavy (non-hydrogen) atoms. The molecule has 2 amide bonds. The first kappa shape index (κ1) is 13.3. The molecule has 2 N–H and O–H groups in total. The molecule has 2 aliphatic rings. The van der Waals surface area contributed by atoms with E-state index in [1.165, 1.54) is 0 Å². The maximum Gasteiger partial charge on any atom is 0.249 e. The van der Waals surface area contributed by atoms with Crippen molar-refractivity contribution in [3.05, 3.63) is 0 Å². The number of hydrogen-bond acceptors (Lipinski definition) is 4. The average Bonchev–Trinajstić information content (AvgIpc) is 2.33. The van der Waals surface area contributed by atoms with E-state index in [0.29, 0.717) is 19.5 Å². The summed E-state index contributed by atoms with van der Waals surface area (Å²) in [6.45, 7) is 6.60. The fraction of sp³-hybridized carbons (Fsp3) is 0.833. The van der Waals surface area contributed by atoms with Crippen LogP contribution in [-0.2, 0) is 14.3 Å². The standard InChI is InChI=1S/C12H21N3O3/c1-3-9-11(17)14-4-5-15(9)10(16)6-18-12(2)7-13-8-12/h9,13H,3-8H2,1-2H3,(H,14,17). The summed E-state index contributed by atoms with van der Waals surface area (Å²) in [5.74, 6) is -0.154. The molecule has 2 saturated heterocycles. The SMILES string of the molecule is CCC1C(=O)NCCN1C(=O)COC1(C)CNC1. The van der Waals surface area contributed by atoms with Crippen LogP contribution in [0.4, 0.5) is 0 Å². The zero-order valence-electron chi connectivity index (χ0n) is 11.0. The van der Waals surface area contributed by atoms with Gasteiger partial charge in [0.05, 0.1) is 5.60 Å². The van der Waals surface area contributed by atoms with Gasteiger partial charge < -0.3 is 20.3 Å². The van der Waals surface area contributed by atoms with E-state index in [1.54, 1.807) is 4.90 Å². The zero-order valence-corrected chi connectivity index (χ0v) is 11.0. The largest absolute Gasteiger partial charge is 0.363 e. The van der Waals surface area contributed by atoms with Gasteiger partial charge >= 0.3 is 0 Å². The van der Waals surface area contributed by atoms with Crippen molar-refractivity contribution in [2.75, 3.05) is 32.8 Å². The molecule has 6 nitrogen and oxygen atoms in total. The Hall–Kier alpha value is -1.14. The molecule has 6 heteroatoms. The summed E-state index contributed by atoms with van der Waals surface area (Å²) in [6, 6.07) is -0.345. The molecule has 0 aliphatic carbocycles. The van der Waals surface area contributed by atoms with Gasteiger partial charge in [0.25, 0.3) is 0 Å². The lowest BCUT2D eigenvalue weighted by atomic mass is 10.0. The number of carbonyl (C=O) groups excluding carboxylic acids is 2. The van der Waals surface area contributed by atoms with Gasteiger partial charge in [0.2, 0.25) is 11.8 Å². The Balaban J connectivity index is 1.88. The Morgan fingerprint density at radius 1 is 1.56 bits per heavy atom. The number of nitrogens with one attached hydrogen (secondary N) is 2. The Morgan fingerprint density at radius 2 is 2.28 bits per heavy atom. The second-order valence-corrected chi connectivity index (χ2v) is 5.14. The molecule has 2 heterocycles. The third-order valence-electron chi connectivity index (χ3n) is 3.58. The van der Waals surface area contributed by atoms with Crippen molar-refractivity contribution in [1.29, 1.82) is 0 Å². The van der Waals surface area contributed by atoms with Crippen LogP contribution in [0.1, 0.15) is 20.3 Å². The summed E-state index contributed by atoms with van der Waals surface area (Å²) in [7, 11) is 0. The monoisotopic (exact) mass is 255 g/mol. The molecule has 0 saturated carbocycles. The minimum Gasteiger partial charge on any atom is -0.363 e. The molecule has 0 aromatic rings. The van der Waals surface area contributed by atoms with Gasteiger partial charge in [-0.2, -0.15) is 0 Å². The first-order valence-corrected chi connectivity index (χ1v) is 6.47. The first-order chi connectivity index (χ1) is 8.56. The number of hydrogen-bond donors (Lipinski definition) is 2. The molecule has 1 atom stereocenters. The molecule has 0 aromatic heterocycles. The molecular weight excluding hydrogens is 234 g/mol. The van der Waals surface area contributed by atoms with Crippen LogP contribution in [0.5, 0.6) is 0 Å². The number of ether oxygens (including phenoxy) is 1. The Labute approximate surface area is 107 Å². The van der Waals surface area contributed by atoms with E-state index >= 15 is 0 Å². The predicted octanol–water partition coefficient (Wildman–Crippen LogP) is -0.898. The van der Waals surface area contributed by atoms with Crippen molar-refractivity contribution in [2.45, 2.75) is 31.9 Å². The molecule has 2 rings (SSSR count). The molecule has 0 bridgehead atoms. The van der Waals surface area contributed by atoms with Crippen molar-refractivity contribution in [2.24, 2.45) is 0 Å². The molecule has 0 spiro atoms. The number of amides is 2. The van der Waals surface area contributed by atoms with Gasteiger partial charge in [0.15, 0.2) is 0 Å². The van der Waals surface area contributed by atoms with Crippen LogP contribution in [0.3, 0.4) is 0 Å². The van der Waals surface area contributed by atoms with E-state index in [9.17, 15) is 9.59 Å². The summed E-state index contributed by atoms with van der Waals surface area (Å²) in [6.07, 6.45) is 0.635. The zero-order chi connectivity index (χ0) is 13.2. The lowest BCUT2D eigenvalue weighted by Gasteiger charge is -2.40. The molecule has 0 radical (unpaired) electrons. The lowest BCUT2D eigenvalue weighted by molar-refractivity contribution is -0.153. The van der Waals surface area contributed by atoms with Crippen molar-refractivity contribution in [3.63, 3.8) is 0 Å². The highest BCUT2D eigenvalue weighted by atomic mass is 16.5. The molecule has 2 fully saturated rings. The van der Waals surface area contributed by atoms with Gasteiger partial charge in [-0.3, -0.25) is 9.59 Å².